The van der Waals surface area contributed by atoms with E-state index in [0.717, 1.165) is 19.6 Å². The number of carbonyl (C=O) groups is 3. The highest BCUT2D eigenvalue weighted by molar-refractivity contribution is 6.01. The molecule has 0 aliphatic carbocycles. The van der Waals surface area contributed by atoms with Gasteiger partial charge in [-0.2, -0.15) is 26.3 Å². The average Bonchev–Trinajstić information content (AvgIpc) is 3.26. The smallest absolute Gasteiger partial charge is 0.420 e. The molecule has 0 unspecified atom stereocenters. The van der Waals surface area contributed by atoms with E-state index in [-0.39, 0.29) is 28.8 Å². The molecule has 2 aromatic carbocycles. The number of carbonyl (C=O) groups excluding carboxylic acids is 2. The lowest BCUT2D eigenvalue weighted by atomic mass is 10.0. The number of alkyl halides is 6. The van der Waals surface area contributed by atoms with Gasteiger partial charge in [0.05, 0.1) is 12.8 Å². The first-order chi connectivity index (χ1) is 18.4. The largest absolute Gasteiger partial charge is 0.479 e. The second kappa shape index (κ2) is 11.0. The van der Waals surface area contributed by atoms with Crippen LogP contribution < -0.4 is 10.2 Å². The number of nitrogens with zero attached hydrogens (tertiary/aromatic N) is 1. The van der Waals surface area contributed by atoms with E-state index in [0.29, 0.717) is 10.9 Å². The molecule has 0 aliphatic heterocycles. The van der Waals surface area contributed by atoms with Crippen LogP contribution in [0.1, 0.15) is 43.4 Å². The fourth-order valence-corrected chi connectivity index (χ4v) is 3.90. The van der Waals surface area contributed by atoms with Gasteiger partial charge in [-0.1, -0.05) is 13.8 Å². The number of fused-ring (bicyclic) bond motifs is 1. The number of hydrazine groups is 1. The van der Waals surface area contributed by atoms with Gasteiger partial charge in [-0.15, -0.1) is 0 Å². The van der Waals surface area contributed by atoms with Crippen molar-refractivity contribution in [3.05, 3.63) is 53.2 Å². The van der Waals surface area contributed by atoms with E-state index >= 15 is 0 Å². The number of aromatic amines is 1. The Morgan fingerprint density at radius 3 is 2.02 bits per heavy atom. The Balaban J connectivity index is 2.20. The van der Waals surface area contributed by atoms with E-state index < -0.39 is 58.8 Å². The SMILES string of the molecule is COC(=O)[C@H](C(=O)O)N(Nc1cc(C(F)(F)F)c(Oc2ccc3[nH]cc(C(C)C)c3c2)c(C(F)(F)F)c1)C(C)=O. The van der Waals surface area contributed by atoms with Crippen molar-refractivity contribution in [2.24, 2.45) is 0 Å². The number of ether oxygens (including phenoxy) is 2. The number of methoxy groups -OCH3 is 1. The predicted octanol–water partition coefficient (Wildman–Crippen LogP) is 5.92. The summed E-state index contributed by atoms with van der Waals surface area (Å²) in [4.78, 5) is 38.5. The number of anilines is 1. The third kappa shape index (κ3) is 6.24. The maximum absolute atomic E-state index is 14.1. The third-order valence-corrected chi connectivity index (χ3v) is 5.73. The number of hydrogen-bond acceptors (Lipinski definition) is 6. The molecule has 216 valence electrons. The molecule has 0 saturated heterocycles. The van der Waals surface area contributed by atoms with E-state index in [1.165, 1.54) is 18.2 Å². The van der Waals surface area contributed by atoms with Crippen LogP contribution in [0.2, 0.25) is 0 Å². The second-order valence-electron chi connectivity index (χ2n) is 8.87. The summed E-state index contributed by atoms with van der Waals surface area (Å²) in [7, 11) is 0.779. The maximum atomic E-state index is 14.1. The molecule has 3 N–H and O–H groups in total. The van der Waals surface area contributed by atoms with Gasteiger partial charge in [0, 0.05) is 24.0 Å². The molecule has 3 rings (SSSR count). The van der Waals surface area contributed by atoms with Gasteiger partial charge in [-0.25, -0.2) is 14.6 Å². The van der Waals surface area contributed by atoms with Crippen LogP contribution in [0.5, 0.6) is 11.5 Å². The standard InChI is InChI=1S/C25H23F6N3O6/c1-11(2)16-10-32-19-6-5-14(9-15(16)19)40-21-17(24(26,27)28)7-13(8-18(21)25(29,30)31)33-34(12(3)35)20(22(36)37)23(38)39-4/h5-11,20,32-33H,1-4H3,(H,36,37)/t20-/m0/s1. The molecule has 1 atom stereocenters. The van der Waals surface area contributed by atoms with Crippen LogP contribution in [-0.4, -0.2) is 46.1 Å². The fraction of sp³-hybridized carbons (Fsp3) is 0.320. The molecule has 9 nitrogen and oxygen atoms in total. The number of nitrogens with one attached hydrogen (secondary N) is 2. The van der Waals surface area contributed by atoms with Gasteiger partial charge < -0.3 is 19.6 Å². The molecule has 0 saturated carbocycles. The molecule has 1 amide bonds. The number of hydrogen-bond donors (Lipinski definition) is 3. The highest BCUT2D eigenvalue weighted by Gasteiger charge is 2.44. The van der Waals surface area contributed by atoms with Crippen molar-refractivity contribution in [1.29, 1.82) is 0 Å². The second-order valence-corrected chi connectivity index (χ2v) is 8.87. The van der Waals surface area contributed by atoms with E-state index in [1.54, 1.807) is 6.20 Å². The van der Waals surface area contributed by atoms with Crippen molar-refractivity contribution in [2.75, 3.05) is 12.5 Å². The zero-order valence-electron chi connectivity index (χ0n) is 21.3. The summed E-state index contributed by atoms with van der Waals surface area (Å²) >= 11 is 0. The molecule has 3 aromatic rings. The molecule has 1 heterocycles. The Bertz CT molecular complexity index is 1410. The fourth-order valence-electron chi connectivity index (χ4n) is 3.90. The normalized spacial score (nSPS) is 12.8. The number of benzene rings is 2. The van der Waals surface area contributed by atoms with Crippen LogP contribution in [0.25, 0.3) is 10.9 Å². The Kier molecular flexibility index (Phi) is 8.27. The van der Waals surface area contributed by atoms with Gasteiger partial charge in [0.25, 0.3) is 0 Å². The molecule has 40 heavy (non-hydrogen) atoms. The quantitative estimate of drug-likeness (QED) is 0.132. The molecule has 0 bridgehead atoms. The van der Waals surface area contributed by atoms with Gasteiger partial charge in [0.1, 0.15) is 16.9 Å². The van der Waals surface area contributed by atoms with Crippen LogP contribution in [0.3, 0.4) is 0 Å². The summed E-state index contributed by atoms with van der Waals surface area (Å²) in [6, 6.07) is 1.91. The Labute approximate surface area is 222 Å². The lowest BCUT2D eigenvalue weighted by Gasteiger charge is -2.28. The topological polar surface area (TPSA) is 121 Å². The average molecular weight is 575 g/mol. The Morgan fingerprint density at radius 1 is 1.00 bits per heavy atom. The highest BCUT2D eigenvalue weighted by atomic mass is 19.4. The first-order valence-electron chi connectivity index (χ1n) is 11.4. The van der Waals surface area contributed by atoms with Crippen LogP contribution in [0, 0.1) is 0 Å². The van der Waals surface area contributed by atoms with Crippen molar-refractivity contribution >= 4 is 34.4 Å². The molecule has 0 radical (unpaired) electrons. The lowest BCUT2D eigenvalue weighted by Crippen LogP contribution is -2.52. The number of carboxylic acid groups (broad SMARTS) is 1. The van der Waals surface area contributed by atoms with E-state index in [4.69, 9.17) is 4.74 Å². The first kappa shape index (κ1) is 30.1. The number of amides is 1. The van der Waals surface area contributed by atoms with Crippen molar-refractivity contribution < 1.29 is 55.3 Å². The highest BCUT2D eigenvalue weighted by Crippen LogP contribution is 2.48. The number of aromatic nitrogens is 1. The summed E-state index contributed by atoms with van der Waals surface area (Å²) in [5.41, 5.74) is -1.53. The molecule has 0 fully saturated rings. The summed E-state index contributed by atoms with van der Waals surface area (Å²) in [5, 5.41) is 9.92. The number of H-pyrrole nitrogens is 1. The summed E-state index contributed by atoms with van der Waals surface area (Å²) in [6.07, 6.45) is -9.13. The minimum atomic E-state index is -5.40. The zero-order chi connectivity index (χ0) is 30.2. The van der Waals surface area contributed by atoms with Crippen molar-refractivity contribution in [2.45, 2.75) is 45.1 Å². The maximum Gasteiger partial charge on any atom is 0.420 e. The minimum absolute atomic E-state index is 0.0188. The molecule has 15 heteroatoms. The van der Waals surface area contributed by atoms with Gasteiger partial charge in [-0.05, 0) is 41.8 Å². The number of esters is 1. The van der Waals surface area contributed by atoms with Gasteiger partial charge in [-0.3, -0.25) is 10.2 Å². The molecule has 0 spiro atoms. The van der Waals surface area contributed by atoms with Crippen LogP contribution in [0.4, 0.5) is 32.0 Å². The summed E-state index contributed by atoms with van der Waals surface area (Å²) in [5.74, 6) is -6.59. The van der Waals surface area contributed by atoms with Crippen LogP contribution >= 0.6 is 0 Å². The molecule has 1 aromatic heterocycles. The van der Waals surface area contributed by atoms with Crippen LogP contribution in [0.15, 0.2) is 36.5 Å². The zero-order valence-corrected chi connectivity index (χ0v) is 21.3. The van der Waals surface area contributed by atoms with E-state index in [2.05, 4.69) is 9.72 Å². The van der Waals surface area contributed by atoms with Crippen LogP contribution in [-0.2, 0) is 31.5 Å². The van der Waals surface area contributed by atoms with Crippen molar-refractivity contribution in [3.8, 4) is 11.5 Å². The van der Waals surface area contributed by atoms with Crippen molar-refractivity contribution in [1.82, 2.24) is 9.99 Å². The molecular weight excluding hydrogens is 552 g/mol. The number of carboxylic acids is 1. The monoisotopic (exact) mass is 575 g/mol. The lowest BCUT2D eigenvalue weighted by molar-refractivity contribution is -0.162. The van der Waals surface area contributed by atoms with Crippen molar-refractivity contribution in [3.63, 3.8) is 0 Å². The minimum Gasteiger partial charge on any atom is -0.479 e. The van der Waals surface area contributed by atoms with E-state index in [9.17, 15) is 45.8 Å². The summed E-state index contributed by atoms with van der Waals surface area (Å²) < 4.78 is 94.2. The number of rotatable bonds is 8. The van der Waals surface area contributed by atoms with E-state index in [1.807, 2.05) is 19.3 Å². The number of halogens is 6. The number of aliphatic carboxylic acids is 1. The Morgan fingerprint density at radius 2 is 1.57 bits per heavy atom. The Hall–Kier alpha value is -4.43. The van der Waals surface area contributed by atoms with Gasteiger partial charge >= 0.3 is 24.3 Å². The van der Waals surface area contributed by atoms with Gasteiger partial charge in [0.15, 0.2) is 5.75 Å². The first-order valence-corrected chi connectivity index (χ1v) is 11.4. The molecule has 0 aliphatic rings. The third-order valence-electron chi connectivity index (χ3n) is 5.73. The molecular formula is C25H23F6N3O6. The predicted molar refractivity (Wildman–Crippen MR) is 128 cm³/mol. The van der Waals surface area contributed by atoms with Gasteiger partial charge in [0.2, 0.25) is 11.9 Å². The summed E-state index contributed by atoms with van der Waals surface area (Å²) in [6.45, 7) is 4.44.